The maximum absolute atomic E-state index is 12.3. The summed E-state index contributed by atoms with van der Waals surface area (Å²) in [4.78, 5) is 12.6. The molecule has 0 saturated heterocycles. The van der Waals surface area contributed by atoms with Crippen molar-refractivity contribution in [3.8, 4) is 5.75 Å². The van der Waals surface area contributed by atoms with Gasteiger partial charge in [0.1, 0.15) is 5.75 Å². The summed E-state index contributed by atoms with van der Waals surface area (Å²) in [6, 6.07) is 11.5. The second-order valence-electron chi connectivity index (χ2n) is 4.19. The second-order valence-corrected chi connectivity index (χ2v) is 6.43. The molecule has 21 heavy (non-hydrogen) atoms. The van der Waals surface area contributed by atoms with Gasteiger partial charge in [-0.05, 0) is 30.3 Å². The zero-order chi connectivity index (χ0) is 15.4. The second kappa shape index (κ2) is 7.07. The van der Waals surface area contributed by atoms with Crippen LogP contribution in [-0.4, -0.2) is 22.9 Å². The van der Waals surface area contributed by atoms with Gasteiger partial charge in [0, 0.05) is 5.56 Å². The monoisotopic (exact) mass is 342 g/mol. The van der Waals surface area contributed by atoms with E-state index in [9.17, 15) is 9.00 Å². The largest absolute Gasteiger partial charge is 0.495 e. The molecule has 6 heteroatoms. The van der Waals surface area contributed by atoms with Crippen LogP contribution in [-0.2, 0) is 10.8 Å². The van der Waals surface area contributed by atoms with Crippen LogP contribution in [0, 0.1) is 0 Å². The van der Waals surface area contributed by atoms with Crippen molar-refractivity contribution in [2.45, 2.75) is 4.90 Å². The molecule has 0 N–H and O–H groups in total. The summed E-state index contributed by atoms with van der Waals surface area (Å²) in [5.41, 5.74) is 0.382. The van der Waals surface area contributed by atoms with E-state index >= 15 is 0 Å². The fourth-order valence-corrected chi connectivity index (χ4v) is 3.22. The summed E-state index contributed by atoms with van der Waals surface area (Å²) in [6.45, 7) is 0. The van der Waals surface area contributed by atoms with Crippen LogP contribution >= 0.6 is 23.2 Å². The number of hydrogen-bond donors (Lipinski definition) is 0. The maximum atomic E-state index is 12.3. The van der Waals surface area contributed by atoms with E-state index in [-0.39, 0.29) is 11.5 Å². The third kappa shape index (κ3) is 3.84. The first-order chi connectivity index (χ1) is 10.0. The lowest BCUT2D eigenvalue weighted by molar-refractivity contribution is 0.102. The fraction of sp³-hybridized carbons (Fsp3) is 0.133. The first-order valence-electron chi connectivity index (χ1n) is 6.02. The molecule has 0 radical (unpaired) electrons. The molecule has 0 heterocycles. The summed E-state index contributed by atoms with van der Waals surface area (Å²) >= 11 is 11.7. The molecule has 110 valence electrons. The lowest BCUT2D eigenvalue weighted by Gasteiger charge is -2.08. The summed E-state index contributed by atoms with van der Waals surface area (Å²) in [7, 11) is 0.00885. The summed E-state index contributed by atoms with van der Waals surface area (Å²) in [6.07, 6.45) is 0. The molecule has 0 aromatic heterocycles. The molecule has 2 aromatic carbocycles. The van der Waals surface area contributed by atoms with Gasteiger partial charge in [0.25, 0.3) is 0 Å². The van der Waals surface area contributed by atoms with E-state index < -0.39 is 10.8 Å². The molecule has 0 aliphatic carbocycles. The van der Waals surface area contributed by atoms with Crippen molar-refractivity contribution >= 4 is 39.8 Å². The summed E-state index contributed by atoms with van der Waals surface area (Å²) in [5.74, 6) is 0.0915. The SMILES string of the molecule is COc1ccccc1S(=O)CC(=O)c1ccc(Cl)c(Cl)c1. The van der Waals surface area contributed by atoms with Gasteiger partial charge < -0.3 is 4.74 Å². The third-order valence-corrected chi connectivity index (χ3v) is 4.91. The highest BCUT2D eigenvalue weighted by Crippen LogP contribution is 2.24. The number of hydrogen-bond acceptors (Lipinski definition) is 3. The Hall–Kier alpha value is -1.36. The molecule has 2 rings (SSSR count). The predicted molar refractivity (Wildman–Crippen MR) is 85.1 cm³/mol. The highest BCUT2D eigenvalue weighted by Gasteiger charge is 2.16. The zero-order valence-corrected chi connectivity index (χ0v) is 13.5. The van der Waals surface area contributed by atoms with Crippen molar-refractivity contribution < 1.29 is 13.7 Å². The number of para-hydroxylation sites is 1. The zero-order valence-electron chi connectivity index (χ0n) is 11.1. The quantitative estimate of drug-likeness (QED) is 0.771. The van der Waals surface area contributed by atoms with Crippen molar-refractivity contribution in [2.24, 2.45) is 0 Å². The normalized spacial score (nSPS) is 12.0. The molecule has 1 unspecified atom stereocenters. The van der Waals surface area contributed by atoms with Crippen LogP contribution in [0.4, 0.5) is 0 Å². The number of halogens is 2. The van der Waals surface area contributed by atoms with Gasteiger partial charge >= 0.3 is 0 Å². The minimum absolute atomic E-state index is 0.141. The number of benzene rings is 2. The third-order valence-electron chi connectivity index (χ3n) is 2.82. The molecule has 0 aliphatic rings. The van der Waals surface area contributed by atoms with Crippen molar-refractivity contribution in [3.05, 3.63) is 58.1 Å². The summed E-state index contributed by atoms with van der Waals surface area (Å²) < 4.78 is 17.5. The van der Waals surface area contributed by atoms with Gasteiger partial charge in [0.15, 0.2) is 5.78 Å². The number of carbonyl (C=O) groups is 1. The van der Waals surface area contributed by atoms with Gasteiger partial charge in [-0.2, -0.15) is 0 Å². The number of rotatable bonds is 5. The predicted octanol–water partition coefficient (Wildman–Crippen LogP) is 3.99. The van der Waals surface area contributed by atoms with Gasteiger partial charge in [0.2, 0.25) is 0 Å². The number of methoxy groups -OCH3 is 1. The number of carbonyl (C=O) groups excluding carboxylic acids is 1. The smallest absolute Gasteiger partial charge is 0.175 e. The summed E-state index contributed by atoms with van der Waals surface area (Å²) in [5, 5.41) is 0.671. The minimum atomic E-state index is -1.49. The molecule has 0 aliphatic heterocycles. The van der Waals surface area contributed by atoms with Crippen LogP contribution in [0.2, 0.25) is 10.0 Å². The Morgan fingerprint density at radius 1 is 1.14 bits per heavy atom. The average molecular weight is 343 g/mol. The van der Waals surface area contributed by atoms with Gasteiger partial charge in [-0.15, -0.1) is 0 Å². The van der Waals surface area contributed by atoms with E-state index in [1.807, 2.05) is 0 Å². The Bertz CT molecular complexity index is 701. The molecule has 0 fully saturated rings. The Labute approximate surface area is 135 Å². The molecule has 0 amide bonds. The molecule has 0 spiro atoms. The highest BCUT2D eigenvalue weighted by atomic mass is 35.5. The van der Waals surface area contributed by atoms with Gasteiger partial charge in [-0.3, -0.25) is 9.00 Å². The average Bonchev–Trinajstić information content (AvgIpc) is 2.49. The minimum Gasteiger partial charge on any atom is -0.495 e. The van der Waals surface area contributed by atoms with E-state index in [1.165, 1.54) is 13.2 Å². The Morgan fingerprint density at radius 3 is 2.52 bits per heavy atom. The first kappa shape index (κ1) is 16.0. The van der Waals surface area contributed by atoms with E-state index in [0.29, 0.717) is 26.3 Å². The Balaban J connectivity index is 2.19. The molecular weight excluding hydrogens is 331 g/mol. The van der Waals surface area contributed by atoms with Crippen molar-refractivity contribution in [2.75, 3.05) is 12.9 Å². The Morgan fingerprint density at radius 2 is 1.86 bits per heavy atom. The molecule has 1 atom stereocenters. The van der Waals surface area contributed by atoms with Crippen LogP contribution in [0.5, 0.6) is 5.75 Å². The van der Waals surface area contributed by atoms with Crippen LogP contribution in [0.15, 0.2) is 47.4 Å². The molecule has 3 nitrogen and oxygen atoms in total. The number of ketones is 1. The molecule has 2 aromatic rings. The lowest BCUT2D eigenvalue weighted by atomic mass is 10.1. The van der Waals surface area contributed by atoms with Crippen LogP contribution in [0.3, 0.4) is 0 Å². The topological polar surface area (TPSA) is 43.4 Å². The van der Waals surface area contributed by atoms with Crippen LogP contribution in [0.25, 0.3) is 0 Å². The van der Waals surface area contributed by atoms with Crippen LogP contribution in [0.1, 0.15) is 10.4 Å². The van der Waals surface area contributed by atoms with E-state index in [2.05, 4.69) is 0 Å². The van der Waals surface area contributed by atoms with Crippen LogP contribution < -0.4 is 4.74 Å². The van der Waals surface area contributed by atoms with Crippen molar-refractivity contribution in [1.29, 1.82) is 0 Å². The molecule has 0 saturated carbocycles. The van der Waals surface area contributed by atoms with Gasteiger partial charge in [-0.25, -0.2) is 0 Å². The fourth-order valence-electron chi connectivity index (χ4n) is 1.76. The first-order valence-corrected chi connectivity index (χ1v) is 8.10. The van der Waals surface area contributed by atoms with Gasteiger partial charge in [-0.1, -0.05) is 35.3 Å². The van der Waals surface area contributed by atoms with E-state index in [1.54, 1.807) is 36.4 Å². The number of ether oxygens (including phenoxy) is 1. The Kier molecular flexibility index (Phi) is 5.39. The van der Waals surface area contributed by atoms with Gasteiger partial charge in [0.05, 0.1) is 38.6 Å². The number of Topliss-reactive ketones (excluding diaryl/α,β-unsaturated/α-hetero) is 1. The molecular formula is C15H12Cl2O3S. The van der Waals surface area contributed by atoms with Crippen molar-refractivity contribution in [3.63, 3.8) is 0 Å². The van der Waals surface area contributed by atoms with Crippen molar-refractivity contribution in [1.82, 2.24) is 0 Å². The van der Waals surface area contributed by atoms with E-state index in [0.717, 1.165) is 0 Å². The highest BCUT2D eigenvalue weighted by molar-refractivity contribution is 7.86. The lowest BCUT2D eigenvalue weighted by Crippen LogP contribution is -2.11. The van der Waals surface area contributed by atoms with E-state index in [4.69, 9.17) is 27.9 Å². The standard InChI is InChI=1S/C15H12Cl2O3S/c1-20-14-4-2-3-5-15(14)21(19)9-13(18)10-6-7-11(16)12(17)8-10/h2-8H,9H2,1H3. The maximum Gasteiger partial charge on any atom is 0.175 e. The molecule has 0 bridgehead atoms.